The van der Waals surface area contributed by atoms with E-state index in [1.807, 2.05) is 43.9 Å². The van der Waals surface area contributed by atoms with E-state index in [-0.39, 0.29) is 17.7 Å². The molecular weight excluding hydrogens is 354 g/mol. The lowest BCUT2D eigenvalue weighted by molar-refractivity contribution is -0.127. The Morgan fingerprint density at radius 1 is 1.21 bits per heavy atom. The second kappa shape index (κ2) is 7.37. The molecule has 1 atom stereocenters. The lowest BCUT2D eigenvalue weighted by atomic mass is 10.1. The number of rotatable bonds is 6. The molecule has 1 aromatic carbocycles. The predicted molar refractivity (Wildman–Crippen MR) is 105 cm³/mol. The molecular formula is C21H27N5O2. The summed E-state index contributed by atoms with van der Waals surface area (Å²) in [7, 11) is 0. The summed E-state index contributed by atoms with van der Waals surface area (Å²) in [6.45, 7) is 8.05. The maximum atomic E-state index is 12.6. The number of carbonyl (C=O) groups excluding carboxylic acids is 2. The highest BCUT2D eigenvalue weighted by molar-refractivity contribution is 5.93. The van der Waals surface area contributed by atoms with Crippen molar-refractivity contribution >= 4 is 11.8 Å². The average molecular weight is 381 g/mol. The molecule has 1 N–H and O–H groups in total. The predicted octanol–water partition coefficient (Wildman–Crippen LogP) is 2.18. The van der Waals surface area contributed by atoms with Crippen LogP contribution in [0.5, 0.6) is 0 Å². The summed E-state index contributed by atoms with van der Waals surface area (Å²) in [6, 6.07) is 6.00. The first-order chi connectivity index (χ1) is 13.4. The Kier molecular flexibility index (Phi) is 4.91. The van der Waals surface area contributed by atoms with Crippen molar-refractivity contribution in [3.8, 4) is 5.69 Å². The van der Waals surface area contributed by atoms with E-state index in [0.29, 0.717) is 30.3 Å². The first-order valence-electron chi connectivity index (χ1n) is 9.99. The van der Waals surface area contributed by atoms with Crippen molar-refractivity contribution in [2.45, 2.75) is 40.0 Å². The second-order valence-electron chi connectivity index (χ2n) is 8.18. The van der Waals surface area contributed by atoms with Crippen molar-refractivity contribution in [3.05, 3.63) is 40.7 Å². The zero-order valence-corrected chi connectivity index (χ0v) is 16.7. The number of nitrogens with one attached hydrogen (secondary N) is 1. The van der Waals surface area contributed by atoms with Crippen molar-refractivity contribution in [1.29, 1.82) is 0 Å². The van der Waals surface area contributed by atoms with Gasteiger partial charge in [0.1, 0.15) is 0 Å². The normalized spacial score (nSPS) is 19.3. The van der Waals surface area contributed by atoms with Gasteiger partial charge in [-0.25, -0.2) is 4.68 Å². The Labute approximate surface area is 165 Å². The van der Waals surface area contributed by atoms with Gasteiger partial charge in [0.25, 0.3) is 5.91 Å². The van der Waals surface area contributed by atoms with Gasteiger partial charge in [0.05, 0.1) is 11.4 Å². The van der Waals surface area contributed by atoms with E-state index in [9.17, 15) is 9.59 Å². The quantitative estimate of drug-likeness (QED) is 0.832. The van der Waals surface area contributed by atoms with Crippen LogP contribution in [-0.4, -0.2) is 51.3 Å². The van der Waals surface area contributed by atoms with Crippen molar-refractivity contribution in [2.75, 3.05) is 19.6 Å². The van der Waals surface area contributed by atoms with Gasteiger partial charge in [0.2, 0.25) is 5.91 Å². The molecule has 148 valence electrons. The number of amides is 2. The van der Waals surface area contributed by atoms with E-state index in [2.05, 4.69) is 15.6 Å². The van der Waals surface area contributed by atoms with E-state index in [0.717, 1.165) is 24.3 Å². The monoisotopic (exact) mass is 381 g/mol. The molecule has 1 unspecified atom stereocenters. The highest BCUT2D eigenvalue weighted by atomic mass is 16.2. The van der Waals surface area contributed by atoms with Gasteiger partial charge in [-0.15, -0.1) is 5.10 Å². The third kappa shape index (κ3) is 3.66. The minimum atomic E-state index is -0.234. The highest BCUT2D eigenvalue weighted by Gasteiger charge is 2.34. The molecule has 2 heterocycles. The van der Waals surface area contributed by atoms with Crippen LogP contribution in [0.4, 0.5) is 0 Å². The Balaban J connectivity index is 1.40. The minimum Gasteiger partial charge on any atom is -0.350 e. The van der Waals surface area contributed by atoms with E-state index in [4.69, 9.17) is 0 Å². The zero-order valence-electron chi connectivity index (χ0n) is 16.7. The topological polar surface area (TPSA) is 80.1 Å². The molecule has 7 nitrogen and oxygen atoms in total. The molecule has 2 amide bonds. The molecule has 0 spiro atoms. The van der Waals surface area contributed by atoms with Gasteiger partial charge in [-0.05, 0) is 56.7 Å². The van der Waals surface area contributed by atoms with Gasteiger partial charge in [0, 0.05) is 32.0 Å². The first-order valence-corrected chi connectivity index (χ1v) is 9.99. The van der Waals surface area contributed by atoms with Gasteiger partial charge in [-0.3, -0.25) is 9.59 Å². The largest absolute Gasteiger partial charge is 0.350 e. The van der Waals surface area contributed by atoms with E-state index in [1.54, 1.807) is 4.68 Å². The van der Waals surface area contributed by atoms with Crippen LogP contribution >= 0.6 is 0 Å². The van der Waals surface area contributed by atoms with Crippen LogP contribution in [0.3, 0.4) is 0 Å². The minimum absolute atomic E-state index is 0.171. The SMILES string of the molecule is Cc1cccc(-n2nnc(C(=O)NCC3CC(=O)N(CC4CC4)C3)c2C)c1C. The molecule has 7 heteroatoms. The van der Waals surface area contributed by atoms with Crippen LogP contribution in [-0.2, 0) is 4.79 Å². The molecule has 2 aliphatic rings. The average Bonchev–Trinajstić information content (AvgIpc) is 3.30. The summed E-state index contributed by atoms with van der Waals surface area (Å²) in [5.41, 5.74) is 4.26. The van der Waals surface area contributed by atoms with Gasteiger partial charge >= 0.3 is 0 Å². The van der Waals surface area contributed by atoms with Gasteiger partial charge in [-0.1, -0.05) is 17.3 Å². The molecule has 1 aliphatic heterocycles. The van der Waals surface area contributed by atoms with Crippen LogP contribution in [0.25, 0.3) is 5.69 Å². The summed E-state index contributed by atoms with van der Waals surface area (Å²) >= 11 is 0. The molecule has 2 aromatic rings. The summed E-state index contributed by atoms with van der Waals surface area (Å²) < 4.78 is 1.72. The molecule has 1 saturated carbocycles. The van der Waals surface area contributed by atoms with Gasteiger partial charge in [0.15, 0.2) is 5.69 Å². The fraction of sp³-hybridized carbons (Fsp3) is 0.524. The number of aromatic nitrogens is 3. The number of nitrogens with zero attached hydrogens (tertiary/aromatic N) is 4. The first kappa shape index (κ1) is 18.7. The molecule has 1 aliphatic carbocycles. The molecule has 0 bridgehead atoms. The van der Waals surface area contributed by atoms with Crippen molar-refractivity contribution < 1.29 is 9.59 Å². The van der Waals surface area contributed by atoms with Crippen LogP contribution in [0.2, 0.25) is 0 Å². The zero-order chi connectivity index (χ0) is 19.8. The van der Waals surface area contributed by atoms with E-state index < -0.39 is 0 Å². The summed E-state index contributed by atoms with van der Waals surface area (Å²) in [5, 5.41) is 11.3. The van der Waals surface area contributed by atoms with Gasteiger partial charge < -0.3 is 10.2 Å². The molecule has 1 aromatic heterocycles. The van der Waals surface area contributed by atoms with E-state index in [1.165, 1.54) is 18.4 Å². The van der Waals surface area contributed by atoms with Crippen LogP contribution in [0.15, 0.2) is 18.2 Å². The van der Waals surface area contributed by atoms with Crippen molar-refractivity contribution in [3.63, 3.8) is 0 Å². The number of benzene rings is 1. The lowest BCUT2D eigenvalue weighted by Crippen LogP contribution is -2.32. The Bertz CT molecular complexity index is 916. The maximum Gasteiger partial charge on any atom is 0.273 e. The summed E-state index contributed by atoms with van der Waals surface area (Å²) in [6.07, 6.45) is 2.99. The second-order valence-corrected chi connectivity index (χ2v) is 8.18. The fourth-order valence-corrected chi connectivity index (χ4v) is 3.83. The molecule has 28 heavy (non-hydrogen) atoms. The van der Waals surface area contributed by atoms with Crippen molar-refractivity contribution in [2.24, 2.45) is 11.8 Å². The molecule has 1 saturated heterocycles. The number of carbonyl (C=O) groups is 2. The van der Waals surface area contributed by atoms with Crippen molar-refractivity contribution in [1.82, 2.24) is 25.2 Å². The molecule has 0 radical (unpaired) electrons. The molecule has 4 rings (SSSR count). The number of hydrogen-bond donors (Lipinski definition) is 1. The number of likely N-dealkylation sites (tertiary alicyclic amines) is 1. The number of aryl methyl sites for hydroxylation is 1. The summed E-state index contributed by atoms with van der Waals surface area (Å²) in [5.74, 6) is 0.843. The summed E-state index contributed by atoms with van der Waals surface area (Å²) in [4.78, 5) is 26.7. The highest BCUT2D eigenvalue weighted by Crippen LogP contribution is 2.31. The van der Waals surface area contributed by atoms with Crippen LogP contribution in [0.1, 0.15) is 46.6 Å². The molecule has 2 fully saturated rings. The Morgan fingerprint density at radius 3 is 2.75 bits per heavy atom. The van der Waals surface area contributed by atoms with E-state index >= 15 is 0 Å². The lowest BCUT2D eigenvalue weighted by Gasteiger charge is -2.16. The maximum absolute atomic E-state index is 12.6. The Morgan fingerprint density at radius 2 is 2.00 bits per heavy atom. The smallest absolute Gasteiger partial charge is 0.273 e. The Hall–Kier alpha value is -2.70. The fourth-order valence-electron chi connectivity index (χ4n) is 3.83. The third-order valence-electron chi connectivity index (χ3n) is 5.94. The number of hydrogen-bond acceptors (Lipinski definition) is 4. The standard InChI is InChI=1S/C21H27N5O2/c1-13-5-4-6-18(14(13)2)26-15(3)20(23-24-26)21(28)22-10-17-9-19(27)25(12-17)11-16-7-8-16/h4-6,16-17H,7-12H2,1-3H3,(H,22,28). The van der Waals surface area contributed by atoms with Gasteiger partial charge in [-0.2, -0.15) is 0 Å². The van der Waals surface area contributed by atoms with Crippen LogP contribution < -0.4 is 5.32 Å². The van der Waals surface area contributed by atoms with Crippen LogP contribution in [0, 0.1) is 32.6 Å². The third-order valence-corrected chi connectivity index (χ3v) is 5.94.